The number of aromatic amines is 2. The van der Waals surface area contributed by atoms with Gasteiger partial charge in [0.2, 0.25) is 11.9 Å². The van der Waals surface area contributed by atoms with Gasteiger partial charge in [-0.1, -0.05) is 12.2 Å². The summed E-state index contributed by atoms with van der Waals surface area (Å²) in [5, 5.41) is 19.1. The lowest BCUT2D eigenvalue weighted by Gasteiger charge is -2.29. The number of hydrogen-bond donors (Lipinski definition) is 8. The van der Waals surface area contributed by atoms with E-state index >= 15 is 0 Å². The number of imidazole rings is 2. The Hall–Kier alpha value is -2.05. The van der Waals surface area contributed by atoms with E-state index in [4.69, 9.17) is 41.4 Å². The molecule has 0 saturated carbocycles. The predicted octanol–water partition coefficient (Wildman–Crippen LogP) is -0.561. The number of nitrogens with two attached hydrogens (primary N) is 2. The first kappa shape index (κ1) is 32.5. The fourth-order valence-corrected chi connectivity index (χ4v) is 11.6. The molecular weight excluding hydrogens is 730 g/mol. The molecule has 248 valence electrons. The summed E-state index contributed by atoms with van der Waals surface area (Å²) in [6.07, 6.45) is -2.78. The van der Waals surface area contributed by atoms with Crippen LogP contribution >= 0.6 is 49.3 Å². The van der Waals surface area contributed by atoms with Gasteiger partial charge in [0.05, 0.1) is 48.6 Å². The molecule has 0 spiro atoms. The van der Waals surface area contributed by atoms with Gasteiger partial charge in [-0.15, -0.1) is 23.5 Å². The van der Waals surface area contributed by atoms with E-state index in [2.05, 4.69) is 42.2 Å². The van der Waals surface area contributed by atoms with Gasteiger partial charge in [0.15, 0.2) is 22.3 Å². The highest BCUT2D eigenvalue weighted by molar-refractivity contribution is 8.44. The zero-order valence-corrected chi connectivity index (χ0v) is 27.9. The molecule has 3 aliphatic rings. The van der Waals surface area contributed by atoms with E-state index in [0.29, 0.717) is 0 Å². The first-order chi connectivity index (χ1) is 21.7. The van der Waals surface area contributed by atoms with E-state index in [9.17, 15) is 29.3 Å². The van der Waals surface area contributed by atoms with E-state index in [1.807, 2.05) is 0 Å². The third-order valence-corrected chi connectivity index (χ3v) is 13.6. The van der Waals surface area contributed by atoms with Crippen molar-refractivity contribution in [3.63, 3.8) is 0 Å². The molecule has 4 aromatic heterocycles. The number of aromatic nitrogens is 8. The summed E-state index contributed by atoms with van der Waals surface area (Å²) >= 11 is 11.6. The monoisotopic (exact) mass is 754 g/mol. The summed E-state index contributed by atoms with van der Waals surface area (Å²) < 4.78 is 39.4. The predicted molar refractivity (Wildman–Crippen MR) is 173 cm³/mol. The second kappa shape index (κ2) is 11.8. The van der Waals surface area contributed by atoms with Crippen molar-refractivity contribution in [2.75, 3.05) is 24.7 Å². The number of nitrogens with zero attached hydrogens (tertiary/aromatic N) is 6. The number of rotatable bonds is 2. The van der Waals surface area contributed by atoms with Gasteiger partial charge in [0.1, 0.15) is 23.0 Å². The number of anilines is 2. The van der Waals surface area contributed by atoms with Crippen LogP contribution in [-0.4, -0.2) is 102 Å². The smallest absolute Gasteiger partial charge is 0.386 e. The van der Waals surface area contributed by atoms with E-state index in [-0.39, 0.29) is 40.8 Å². The molecule has 7 rings (SSSR count). The number of fused-ring (bicyclic) bond motifs is 6. The second-order valence-electron chi connectivity index (χ2n) is 10.3. The van der Waals surface area contributed by atoms with Crippen molar-refractivity contribution < 1.29 is 37.8 Å². The van der Waals surface area contributed by atoms with Crippen molar-refractivity contribution in [2.45, 2.75) is 45.7 Å². The van der Waals surface area contributed by atoms with E-state index in [0.717, 1.165) is 23.5 Å². The molecule has 3 saturated heterocycles. The molecule has 9 N–H and O–H groups in total. The van der Waals surface area contributed by atoms with Gasteiger partial charge in [-0.3, -0.25) is 42.3 Å². The Morgan fingerprint density at radius 3 is 1.85 bits per heavy atom. The maximum atomic E-state index is 13.6. The van der Waals surface area contributed by atoms with Crippen molar-refractivity contribution in [1.82, 2.24) is 39.0 Å². The lowest BCUT2D eigenvalue weighted by molar-refractivity contribution is -0.00127. The summed E-state index contributed by atoms with van der Waals surface area (Å²) in [6.45, 7) is -9.20. The molecule has 4 aromatic rings. The number of aliphatic hydroxyl groups is 2. The van der Waals surface area contributed by atoms with Crippen LogP contribution in [0.1, 0.15) is 10.7 Å². The second-order valence-corrected chi connectivity index (χ2v) is 18.7. The van der Waals surface area contributed by atoms with E-state index in [1.54, 1.807) is 0 Å². The summed E-state index contributed by atoms with van der Waals surface area (Å²) in [5.41, 5.74) is 10.4. The fourth-order valence-electron chi connectivity index (χ4n) is 5.35. The largest absolute Gasteiger partial charge is 0.389 e. The van der Waals surface area contributed by atoms with E-state index in [1.165, 1.54) is 21.8 Å². The van der Waals surface area contributed by atoms with Gasteiger partial charge in [0, 0.05) is 0 Å². The number of aliphatic hydroxyl groups excluding tert-OH is 2. The Bertz CT molecular complexity index is 1920. The number of thiol groups is 1. The average molecular weight is 755 g/mol. The zero-order chi connectivity index (χ0) is 32.7. The van der Waals surface area contributed by atoms with Crippen LogP contribution in [0.4, 0.5) is 11.9 Å². The SMILES string of the molecule is Nc1nc2c(ncn2[C@@H]2S[C@@H]3COP(O)(=S)O[C@@H]4[C@H](O)[C@@H](COP(=O)(S)O[C@@H]2[C@@H]3O)S[C@H]4n2cnc3c(=O)[nH]c(N)nc32)c(=O)[nH]1. The summed E-state index contributed by atoms with van der Waals surface area (Å²) in [6, 6.07) is 0. The van der Waals surface area contributed by atoms with Crippen molar-refractivity contribution in [3.05, 3.63) is 33.4 Å². The normalized spacial score (nSPS) is 37.1. The molecule has 26 heteroatoms. The maximum absolute atomic E-state index is 13.6. The van der Waals surface area contributed by atoms with Gasteiger partial charge < -0.3 is 31.1 Å². The number of H-pyrrole nitrogens is 2. The maximum Gasteiger partial charge on any atom is 0.386 e. The molecule has 3 aliphatic heterocycles. The standard InChI is InChI=1S/C20H24N10O10P2S4/c21-19-25-13-7(15(33)27-19)23-3-29(13)17-11-9(31)5(45-17)1-37-41(35,43)39-12-10(32)6(2-38-42(36,44)40-11)46-18(12)30-4-24-8-14(30)26-20(22)28-16(8)34/h3-6,9-12,17-18,31-32H,1-2H2,(H,35,43)(H,36,44)(H3,21,25,27,33)(H3,22,26,28,34)/t5-,6-,9-,10-,11-,12-,17-,18-,41?,42?/m1/s1. The Balaban J connectivity index is 1.23. The molecular formula is C20H24N10O10P2S4. The van der Waals surface area contributed by atoms with Gasteiger partial charge in [-0.05, 0) is 11.8 Å². The number of thioether (sulfide) groups is 2. The minimum atomic E-state index is -4.27. The van der Waals surface area contributed by atoms with Crippen LogP contribution in [-0.2, 0) is 34.5 Å². The highest BCUT2D eigenvalue weighted by Gasteiger charge is 2.52. The Kier molecular flexibility index (Phi) is 8.35. The number of nitrogen functional groups attached to an aromatic ring is 2. The average Bonchev–Trinajstić information content (AvgIpc) is 3.72. The van der Waals surface area contributed by atoms with Crippen LogP contribution < -0.4 is 22.6 Å². The van der Waals surface area contributed by atoms with Gasteiger partial charge >= 0.3 is 13.5 Å². The third-order valence-electron chi connectivity index (χ3n) is 7.39. The van der Waals surface area contributed by atoms with Crippen LogP contribution in [0, 0.1) is 0 Å². The quantitative estimate of drug-likeness (QED) is 0.0940. The highest BCUT2D eigenvalue weighted by atomic mass is 32.7. The number of hydrogen-bond acceptors (Lipinski definition) is 18. The van der Waals surface area contributed by atoms with Crippen molar-refractivity contribution in [1.29, 1.82) is 0 Å². The lowest BCUT2D eigenvalue weighted by atomic mass is 10.1. The van der Waals surface area contributed by atoms with Gasteiger partial charge in [-0.2, -0.15) is 9.97 Å². The van der Waals surface area contributed by atoms with Crippen LogP contribution in [0.15, 0.2) is 22.2 Å². The van der Waals surface area contributed by atoms with Gasteiger partial charge in [-0.25, -0.2) is 14.5 Å². The first-order valence-corrected chi connectivity index (χ1v) is 20.3. The minimum Gasteiger partial charge on any atom is -0.389 e. The van der Waals surface area contributed by atoms with E-state index < -0.39 is 76.9 Å². The zero-order valence-electron chi connectivity index (χ0n) is 22.8. The molecule has 7 heterocycles. The highest BCUT2D eigenvalue weighted by Crippen LogP contribution is 2.61. The molecule has 2 unspecified atom stereocenters. The van der Waals surface area contributed by atoms with Crippen molar-refractivity contribution in [3.8, 4) is 0 Å². The summed E-state index contributed by atoms with van der Waals surface area (Å²) in [7, 11) is 0. The molecule has 4 bridgehead atoms. The van der Waals surface area contributed by atoms with Crippen LogP contribution in [0.2, 0.25) is 0 Å². The molecule has 3 fully saturated rings. The molecule has 0 aliphatic carbocycles. The molecule has 46 heavy (non-hydrogen) atoms. The van der Waals surface area contributed by atoms with Crippen LogP contribution in [0.3, 0.4) is 0 Å². The third kappa shape index (κ3) is 5.82. The molecule has 20 nitrogen and oxygen atoms in total. The van der Waals surface area contributed by atoms with Crippen molar-refractivity contribution >= 4 is 95.3 Å². The molecule has 10 atom stereocenters. The molecule has 0 aromatic carbocycles. The Morgan fingerprint density at radius 1 is 0.891 bits per heavy atom. The Morgan fingerprint density at radius 2 is 1.35 bits per heavy atom. The minimum absolute atomic E-state index is 0.0358. The topological polar surface area (TPSA) is 294 Å². The Labute approximate surface area is 274 Å². The van der Waals surface area contributed by atoms with Crippen LogP contribution in [0.25, 0.3) is 22.3 Å². The lowest BCUT2D eigenvalue weighted by Crippen LogP contribution is -2.37. The number of nitrogens with one attached hydrogen (secondary N) is 2. The summed E-state index contributed by atoms with van der Waals surface area (Å²) in [4.78, 5) is 57.1. The fraction of sp³-hybridized carbons (Fsp3) is 0.500. The van der Waals surface area contributed by atoms with Crippen LogP contribution in [0.5, 0.6) is 0 Å². The van der Waals surface area contributed by atoms with Gasteiger partial charge in [0.25, 0.3) is 11.1 Å². The van der Waals surface area contributed by atoms with Crippen molar-refractivity contribution in [2.24, 2.45) is 0 Å². The first-order valence-electron chi connectivity index (χ1n) is 13.1. The summed E-state index contributed by atoms with van der Waals surface area (Å²) in [5.74, 6) is -0.361. The molecule has 0 amide bonds. The molecule has 0 radical (unpaired) electrons.